The van der Waals surface area contributed by atoms with Crippen LogP contribution in [0.5, 0.6) is 0 Å². The first-order chi connectivity index (χ1) is 7.33. The highest BCUT2D eigenvalue weighted by Crippen LogP contribution is 2.29. The van der Waals surface area contributed by atoms with Gasteiger partial charge in [0, 0.05) is 12.5 Å². The first-order valence-corrected chi connectivity index (χ1v) is 5.94. The summed E-state index contributed by atoms with van der Waals surface area (Å²) < 4.78 is 11.4. The first kappa shape index (κ1) is 11.0. The second kappa shape index (κ2) is 4.99. The maximum atomic E-state index is 5.73. The van der Waals surface area contributed by atoms with Crippen molar-refractivity contribution >= 4 is 0 Å². The molecule has 0 amide bonds. The molecule has 3 atom stereocenters. The molecule has 1 saturated heterocycles. The van der Waals surface area contributed by atoms with E-state index in [2.05, 4.69) is 18.3 Å². The number of ether oxygens (including phenoxy) is 2. The van der Waals surface area contributed by atoms with Crippen molar-refractivity contribution in [3.8, 4) is 0 Å². The molecule has 3 unspecified atom stereocenters. The molecule has 3 nitrogen and oxygen atoms in total. The van der Waals surface area contributed by atoms with Crippen molar-refractivity contribution in [2.45, 2.75) is 38.3 Å². The Morgan fingerprint density at radius 2 is 2.33 bits per heavy atom. The number of nitrogens with one attached hydrogen (secondary N) is 1. The van der Waals surface area contributed by atoms with E-state index in [1.165, 1.54) is 0 Å². The highest BCUT2D eigenvalue weighted by Gasteiger charge is 2.34. The van der Waals surface area contributed by atoms with Gasteiger partial charge in [0.15, 0.2) is 0 Å². The summed E-state index contributed by atoms with van der Waals surface area (Å²) in [6, 6.07) is 0.336. The Hall–Kier alpha value is -0.540. The minimum absolute atomic E-state index is 0.336. The van der Waals surface area contributed by atoms with Crippen molar-refractivity contribution < 1.29 is 9.47 Å². The van der Waals surface area contributed by atoms with Crippen molar-refractivity contribution in [3.63, 3.8) is 0 Å². The highest BCUT2D eigenvalue weighted by atomic mass is 16.5. The summed E-state index contributed by atoms with van der Waals surface area (Å²) in [5, 5.41) is 3.37. The van der Waals surface area contributed by atoms with Gasteiger partial charge >= 0.3 is 0 Å². The van der Waals surface area contributed by atoms with E-state index in [0.717, 1.165) is 38.2 Å². The molecule has 15 heavy (non-hydrogen) atoms. The van der Waals surface area contributed by atoms with E-state index in [9.17, 15) is 0 Å². The van der Waals surface area contributed by atoms with E-state index in [-0.39, 0.29) is 0 Å². The number of likely N-dealkylation sites (N-methyl/N-ethyl adjacent to an activating group) is 1. The molecule has 0 spiro atoms. The van der Waals surface area contributed by atoms with Crippen LogP contribution < -0.4 is 5.32 Å². The lowest BCUT2D eigenvalue weighted by Gasteiger charge is -2.29. The average molecular weight is 211 g/mol. The standard InChI is InChI=1S/C12H21NO2/c1-9-10(6-8-14-9)12(13-2)11-5-3-4-7-15-11/h5,9-10,12-13H,3-4,6-8H2,1-2H3. The van der Waals surface area contributed by atoms with Crippen molar-refractivity contribution in [1.82, 2.24) is 5.32 Å². The Balaban J connectivity index is 2.05. The zero-order chi connectivity index (χ0) is 10.7. The topological polar surface area (TPSA) is 30.5 Å². The van der Waals surface area contributed by atoms with Gasteiger partial charge in [0.25, 0.3) is 0 Å². The molecule has 1 N–H and O–H groups in total. The fourth-order valence-corrected chi connectivity index (χ4v) is 2.55. The summed E-state index contributed by atoms with van der Waals surface area (Å²) in [7, 11) is 2.01. The second-order valence-corrected chi connectivity index (χ2v) is 4.39. The Bertz CT molecular complexity index is 240. The number of hydrogen-bond acceptors (Lipinski definition) is 3. The summed E-state index contributed by atoms with van der Waals surface area (Å²) in [5.74, 6) is 1.69. The molecule has 1 fully saturated rings. The summed E-state index contributed by atoms with van der Waals surface area (Å²) >= 11 is 0. The quantitative estimate of drug-likeness (QED) is 0.770. The van der Waals surface area contributed by atoms with Gasteiger partial charge in [-0.2, -0.15) is 0 Å². The van der Waals surface area contributed by atoms with E-state index < -0.39 is 0 Å². The van der Waals surface area contributed by atoms with Crippen molar-refractivity contribution in [1.29, 1.82) is 0 Å². The van der Waals surface area contributed by atoms with Gasteiger partial charge in [-0.05, 0) is 39.3 Å². The van der Waals surface area contributed by atoms with E-state index in [1.54, 1.807) is 0 Å². The van der Waals surface area contributed by atoms with Crippen LogP contribution >= 0.6 is 0 Å². The number of rotatable bonds is 3. The maximum Gasteiger partial charge on any atom is 0.109 e. The lowest BCUT2D eigenvalue weighted by molar-refractivity contribution is 0.0853. The van der Waals surface area contributed by atoms with Gasteiger partial charge in [0.05, 0.1) is 18.8 Å². The molecule has 2 aliphatic rings. The third-order valence-electron chi connectivity index (χ3n) is 3.44. The third-order valence-corrected chi connectivity index (χ3v) is 3.44. The van der Waals surface area contributed by atoms with Gasteiger partial charge < -0.3 is 14.8 Å². The van der Waals surface area contributed by atoms with Crippen molar-refractivity contribution in [2.24, 2.45) is 5.92 Å². The van der Waals surface area contributed by atoms with E-state index in [0.29, 0.717) is 18.1 Å². The highest BCUT2D eigenvalue weighted by molar-refractivity contribution is 5.09. The van der Waals surface area contributed by atoms with Crippen molar-refractivity contribution in [3.05, 3.63) is 11.8 Å². The van der Waals surface area contributed by atoms with Gasteiger partial charge in [0.1, 0.15) is 5.76 Å². The number of hydrogen-bond donors (Lipinski definition) is 1. The Morgan fingerprint density at radius 1 is 1.47 bits per heavy atom. The Morgan fingerprint density at radius 3 is 2.87 bits per heavy atom. The van der Waals surface area contributed by atoms with Crippen LogP contribution in [0.3, 0.4) is 0 Å². The zero-order valence-corrected chi connectivity index (χ0v) is 9.66. The monoisotopic (exact) mass is 211 g/mol. The molecule has 0 aromatic heterocycles. The van der Waals surface area contributed by atoms with E-state index in [4.69, 9.17) is 9.47 Å². The van der Waals surface area contributed by atoms with Gasteiger partial charge in [-0.15, -0.1) is 0 Å². The molecular weight excluding hydrogens is 190 g/mol. The lowest BCUT2D eigenvalue weighted by Crippen LogP contribution is -2.40. The molecule has 0 aliphatic carbocycles. The van der Waals surface area contributed by atoms with E-state index >= 15 is 0 Å². The smallest absolute Gasteiger partial charge is 0.109 e. The molecule has 2 heterocycles. The minimum Gasteiger partial charge on any atom is -0.497 e. The molecule has 0 aromatic carbocycles. The maximum absolute atomic E-state index is 5.73. The van der Waals surface area contributed by atoms with E-state index in [1.807, 2.05) is 7.05 Å². The van der Waals surface area contributed by atoms with Crippen LogP contribution in [-0.4, -0.2) is 32.4 Å². The molecule has 0 bridgehead atoms. The average Bonchev–Trinajstić information content (AvgIpc) is 2.68. The fourth-order valence-electron chi connectivity index (χ4n) is 2.55. The fraction of sp³-hybridized carbons (Fsp3) is 0.833. The van der Waals surface area contributed by atoms with Gasteiger partial charge in [0.2, 0.25) is 0 Å². The van der Waals surface area contributed by atoms with Crippen LogP contribution in [0.2, 0.25) is 0 Å². The summed E-state index contributed by atoms with van der Waals surface area (Å²) in [6.07, 6.45) is 6.00. The van der Waals surface area contributed by atoms with Crippen LogP contribution in [0.1, 0.15) is 26.2 Å². The minimum atomic E-state index is 0.336. The van der Waals surface area contributed by atoms with Crippen LogP contribution in [0.4, 0.5) is 0 Å². The zero-order valence-electron chi connectivity index (χ0n) is 9.66. The van der Waals surface area contributed by atoms with Crippen LogP contribution in [0.15, 0.2) is 11.8 Å². The molecule has 0 radical (unpaired) electrons. The molecule has 2 aliphatic heterocycles. The normalized spacial score (nSPS) is 33.3. The molecule has 0 saturated carbocycles. The van der Waals surface area contributed by atoms with Gasteiger partial charge in [-0.1, -0.05) is 0 Å². The molecular formula is C12H21NO2. The Kier molecular flexibility index (Phi) is 3.65. The molecule has 2 rings (SSSR count). The first-order valence-electron chi connectivity index (χ1n) is 5.94. The van der Waals surface area contributed by atoms with Crippen LogP contribution in [-0.2, 0) is 9.47 Å². The summed E-state index contributed by atoms with van der Waals surface area (Å²) in [6.45, 7) is 3.91. The van der Waals surface area contributed by atoms with Gasteiger partial charge in [-0.25, -0.2) is 0 Å². The molecule has 3 heteroatoms. The van der Waals surface area contributed by atoms with Crippen molar-refractivity contribution in [2.75, 3.05) is 20.3 Å². The largest absolute Gasteiger partial charge is 0.497 e. The predicted octanol–water partition coefficient (Wildman–Crippen LogP) is 1.69. The second-order valence-electron chi connectivity index (χ2n) is 4.39. The lowest BCUT2D eigenvalue weighted by atomic mass is 9.91. The van der Waals surface area contributed by atoms with Crippen LogP contribution in [0.25, 0.3) is 0 Å². The summed E-state index contributed by atoms with van der Waals surface area (Å²) in [4.78, 5) is 0. The summed E-state index contributed by atoms with van der Waals surface area (Å²) in [5.41, 5.74) is 0. The predicted molar refractivity (Wildman–Crippen MR) is 59.6 cm³/mol. The third kappa shape index (κ3) is 2.34. The molecule has 0 aromatic rings. The number of allylic oxidation sites excluding steroid dienone is 1. The SMILES string of the molecule is CNC(C1=CCCCO1)C1CCOC1C. The molecule has 86 valence electrons. The Labute approximate surface area is 91.8 Å². The van der Waals surface area contributed by atoms with Gasteiger partial charge in [-0.3, -0.25) is 0 Å². The van der Waals surface area contributed by atoms with Crippen LogP contribution in [0, 0.1) is 5.92 Å².